The van der Waals surface area contributed by atoms with Gasteiger partial charge in [0, 0.05) is 44.3 Å². The lowest BCUT2D eigenvalue weighted by atomic mass is 10.1. The van der Waals surface area contributed by atoms with Crippen LogP contribution in [0.4, 0.5) is 17.5 Å². The summed E-state index contributed by atoms with van der Waals surface area (Å²) < 4.78 is 7.75. The van der Waals surface area contributed by atoms with Crippen molar-refractivity contribution in [2.45, 2.75) is 33.3 Å². The maximum atomic E-state index is 7.74. The van der Waals surface area contributed by atoms with Crippen molar-refractivity contribution in [1.82, 2.24) is 24.7 Å². The van der Waals surface area contributed by atoms with Crippen LogP contribution in [0.25, 0.3) is 11.5 Å². The molecular formula is C20H26N8O. The fourth-order valence-electron chi connectivity index (χ4n) is 2.74. The summed E-state index contributed by atoms with van der Waals surface area (Å²) in [7, 11) is 3.59. The quantitative estimate of drug-likeness (QED) is 0.548. The molecule has 3 aromatic rings. The van der Waals surface area contributed by atoms with Crippen LogP contribution in [0.2, 0.25) is 0 Å². The minimum Gasteiger partial charge on any atom is -0.487 e. The lowest BCUT2D eigenvalue weighted by Gasteiger charge is -2.24. The van der Waals surface area contributed by atoms with Gasteiger partial charge in [-0.2, -0.15) is 5.10 Å². The maximum Gasteiger partial charge on any atom is 0.180 e. The van der Waals surface area contributed by atoms with Gasteiger partial charge < -0.3 is 20.8 Å². The first-order chi connectivity index (χ1) is 13.7. The topological polar surface area (TPSA) is 114 Å². The van der Waals surface area contributed by atoms with Crippen LogP contribution in [0.5, 0.6) is 5.75 Å². The molecule has 0 amide bonds. The molecule has 0 saturated carbocycles. The SMILES string of the molecule is CNc1nc(Nc2cc(-c3nccc(C)n3)nn2C)cc(OC(C)(C)C)c1C=N. The van der Waals surface area contributed by atoms with Crippen molar-refractivity contribution >= 4 is 23.7 Å². The lowest BCUT2D eigenvalue weighted by molar-refractivity contribution is 0.131. The molecular weight excluding hydrogens is 368 g/mol. The highest BCUT2D eigenvalue weighted by atomic mass is 16.5. The van der Waals surface area contributed by atoms with E-state index in [0.29, 0.717) is 34.5 Å². The van der Waals surface area contributed by atoms with Crippen molar-refractivity contribution in [1.29, 1.82) is 5.41 Å². The summed E-state index contributed by atoms with van der Waals surface area (Å²) in [4.78, 5) is 13.3. The Bertz CT molecular complexity index is 1040. The molecule has 29 heavy (non-hydrogen) atoms. The van der Waals surface area contributed by atoms with Crippen molar-refractivity contribution in [3.8, 4) is 17.3 Å². The van der Waals surface area contributed by atoms with Gasteiger partial charge in [0.25, 0.3) is 0 Å². The molecule has 152 valence electrons. The zero-order valence-corrected chi connectivity index (χ0v) is 17.5. The van der Waals surface area contributed by atoms with Gasteiger partial charge in [-0.15, -0.1) is 0 Å². The molecule has 0 fully saturated rings. The van der Waals surface area contributed by atoms with Crippen molar-refractivity contribution < 1.29 is 4.74 Å². The molecule has 0 aliphatic carbocycles. The van der Waals surface area contributed by atoms with Gasteiger partial charge in [0.2, 0.25) is 0 Å². The first-order valence-electron chi connectivity index (χ1n) is 9.23. The summed E-state index contributed by atoms with van der Waals surface area (Å²) in [6.45, 7) is 7.80. The fourth-order valence-corrected chi connectivity index (χ4v) is 2.74. The van der Waals surface area contributed by atoms with Gasteiger partial charge in [0.05, 0.1) is 5.56 Å². The Morgan fingerprint density at radius 2 is 1.97 bits per heavy atom. The Labute approximate surface area is 170 Å². The number of pyridine rings is 1. The number of aryl methyl sites for hydroxylation is 2. The average molecular weight is 394 g/mol. The fraction of sp³-hybridized carbons (Fsp3) is 0.350. The van der Waals surface area contributed by atoms with Crippen LogP contribution in [-0.4, -0.2) is 43.6 Å². The molecule has 0 bridgehead atoms. The van der Waals surface area contributed by atoms with E-state index in [2.05, 4.69) is 30.7 Å². The van der Waals surface area contributed by atoms with E-state index >= 15 is 0 Å². The number of aromatic nitrogens is 5. The predicted molar refractivity (Wildman–Crippen MR) is 114 cm³/mol. The second-order valence-electron chi connectivity index (χ2n) is 7.56. The minimum atomic E-state index is -0.413. The molecule has 0 aliphatic rings. The Hall–Kier alpha value is -3.49. The van der Waals surface area contributed by atoms with E-state index in [1.165, 1.54) is 6.21 Å². The van der Waals surface area contributed by atoms with E-state index in [9.17, 15) is 0 Å². The van der Waals surface area contributed by atoms with E-state index in [0.717, 1.165) is 11.5 Å². The molecule has 3 aromatic heterocycles. The van der Waals surface area contributed by atoms with Gasteiger partial charge in [-0.05, 0) is 33.8 Å². The zero-order valence-electron chi connectivity index (χ0n) is 17.5. The summed E-state index contributed by atoms with van der Waals surface area (Å²) in [5, 5.41) is 18.5. The van der Waals surface area contributed by atoms with Crippen LogP contribution in [0.1, 0.15) is 32.0 Å². The van der Waals surface area contributed by atoms with Crippen LogP contribution in [-0.2, 0) is 7.05 Å². The summed E-state index contributed by atoms with van der Waals surface area (Å²) in [5.74, 6) is 2.98. The van der Waals surface area contributed by atoms with E-state index in [-0.39, 0.29) is 0 Å². The van der Waals surface area contributed by atoms with Crippen LogP contribution < -0.4 is 15.4 Å². The van der Waals surface area contributed by atoms with Crippen molar-refractivity contribution in [3.63, 3.8) is 0 Å². The maximum absolute atomic E-state index is 7.74. The first-order valence-corrected chi connectivity index (χ1v) is 9.23. The van der Waals surface area contributed by atoms with Crippen molar-refractivity contribution in [3.05, 3.63) is 35.7 Å². The number of rotatable bonds is 6. The van der Waals surface area contributed by atoms with Crippen molar-refractivity contribution in [2.24, 2.45) is 7.05 Å². The van der Waals surface area contributed by atoms with E-state index in [4.69, 9.17) is 10.1 Å². The molecule has 0 unspecified atom stereocenters. The molecule has 0 radical (unpaired) electrons. The van der Waals surface area contributed by atoms with Gasteiger partial charge in [0.15, 0.2) is 5.82 Å². The predicted octanol–water partition coefficient (Wildman–Crippen LogP) is 3.54. The van der Waals surface area contributed by atoms with Gasteiger partial charge in [-0.3, -0.25) is 4.68 Å². The normalized spacial score (nSPS) is 11.2. The standard InChI is InChI=1S/C20H26N8O/c1-12-7-8-23-19(24-12)14-9-17(28(6)27-14)25-16-10-15(29-20(2,3)4)13(11-21)18(22-5)26-16/h7-11,21H,1-6H3,(H2,22,25,26). The molecule has 0 atom stereocenters. The highest BCUT2D eigenvalue weighted by Crippen LogP contribution is 2.31. The van der Waals surface area contributed by atoms with Crippen LogP contribution >= 0.6 is 0 Å². The molecule has 0 saturated heterocycles. The molecule has 0 aliphatic heterocycles. The summed E-state index contributed by atoms with van der Waals surface area (Å²) in [6, 6.07) is 5.49. The number of nitrogens with zero attached hydrogens (tertiary/aromatic N) is 5. The van der Waals surface area contributed by atoms with Gasteiger partial charge in [-0.1, -0.05) is 0 Å². The molecule has 3 N–H and O–H groups in total. The Balaban J connectivity index is 1.98. The number of anilines is 3. The third kappa shape index (κ3) is 4.68. The van der Waals surface area contributed by atoms with E-state index in [1.54, 1.807) is 24.0 Å². The number of hydrogen-bond acceptors (Lipinski definition) is 8. The van der Waals surface area contributed by atoms with Crippen LogP contribution in [0, 0.1) is 12.3 Å². The lowest BCUT2D eigenvalue weighted by Crippen LogP contribution is -2.24. The molecule has 9 heteroatoms. The number of hydrogen-bond donors (Lipinski definition) is 3. The van der Waals surface area contributed by atoms with Crippen LogP contribution in [0.15, 0.2) is 24.4 Å². The largest absolute Gasteiger partial charge is 0.487 e. The summed E-state index contributed by atoms with van der Waals surface area (Å²) in [5.41, 5.74) is 1.72. The summed E-state index contributed by atoms with van der Waals surface area (Å²) in [6.07, 6.45) is 2.95. The minimum absolute atomic E-state index is 0.413. The summed E-state index contributed by atoms with van der Waals surface area (Å²) >= 11 is 0. The van der Waals surface area contributed by atoms with E-state index in [1.807, 2.05) is 46.9 Å². The Kier molecular flexibility index (Phi) is 5.49. The first kappa shape index (κ1) is 20.2. The second-order valence-corrected chi connectivity index (χ2v) is 7.56. The monoisotopic (exact) mass is 394 g/mol. The number of nitrogens with one attached hydrogen (secondary N) is 3. The average Bonchev–Trinajstić information content (AvgIpc) is 3.00. The molecule has 0 aromatic carbocycles. The highest BCUT2D eigenvalue weighted by Gasteiger charge is 2.19. The number of ether oxygens (including phenoxy) is 1. The smallest absolute Gasteiger partial charge is 0.180 e. The zero-order chi connectivity index (χ0) is 21.2. The van der Waals surface area contributed by atoms with Gasteiger partial charge >= 0.3 is 0 Å². The Morgan fingerprint density at radius 1 is 1.21 bits per heavy atom. The third-order valence-corrected chi connectivity index (χ3v) is 3.98. The molecule has 3 heterocycles. The molecule has 0 spiro atoms. The highest BCUT2D eigenvalue weighted by molar-refractivity contribution is 5.89. The van der Waals surface area contributed by atoms with Gasteiger partial charge in [0.1, 0.15) is 34.5 Å². The Morgan fingerprint density at radius 3 is 2.59 bits per heavy atom. The third-order valence-electron chi connectivity index (χ3n) is 3.98. The second kappa shape index (κ2) is 7.86. The van der Waals surface area contributed by atoms with Gasteiger partial charge in [-0.25, -0.2) is 15.0 Å². The molecule has 9 nitrogen and oxygen atoms in total. The van der Waals surface area contributed by atoms with Crippen LogP contribution in [0.3, 0.4) is 0 Å². The van der Waals surface area contributed by atoms with E-state index < -0.39 is 5.60 Å². The molecule has 3 rings (SSSR count). The van der Waals surface area contributed by atoms with Crippen molar-refractivity contribution in [2.75, 3.05) is 17.7 Å².